The smallest absolute Gasteiger partial charge is 0.295 e. The fraction of sp³-hybridized carbons (Fsp3) is 0.160. The summed E-state index contributed by atoms with van der Waals surface area (Å²) in [6, 6.07) is 19.3. The van der Waals surface area contributed by atoms with Gasteiger partial charge in [-0.3, -0.25) is 4.79 Å². The number of rotatable bonds is 4. The Labute approximate surface area is 186 Å². The number of halogens is 1. The lowest BCUT2D eigenvalue weighted by Gasteiger charge is -2.10. The van der Waals surface area contributed by atoms with Crippen LogP contribution in [0.1, 0.15) is 32.9 Å². The minimum atomic E-state index is -0.361. The van der Waals surface area contributed by atoms with Gasteiger partial charge in [-0.05, 0) is 62.6 Å². The quantitative estimate of drug-likeness (QED) is 0.427. The summed E-state index contributed by atoms with van der Waals surface area (Å²) in [6.45, 7) is 7.99. The second kappa shape index (κ2) is 8.36. The molecule has 0 atom stereocenters. The zero-order chi connectivity index (χ0) is 22.1. The normalized spacial score (nSPS) is 10.9. The molecule has 0 saturated heterocycles. The summed E-state index contributed by atoms with van der Waals surface area (Å²) in [7, 11) is 0. The molecule has 0 spiro atoms. The molecule has 0 aliphatic carbocycles. The lowest BCUT2D eigenvalue weighted by Crippen LogP contribution is -2.15. The monoisotopic (exact) mass is 430 g/mol. The maximum Gasteiger partial charge on any atom is 0.295 e. The molecule has 1 heterocycles. The van der Waals surface area contributed by atoms with Crippen LogP contribution in [0, 0.1) is 27.7 Å². The number of carbonyl (C=O) groups is 1. The van der Waals surface area contributed by atoms with Crippen molar-refractivity contribution in [3.8, 4) is 17.1 Å². The Balaban J connectivity index is 1.81. The third kappa shape index (κ3) is 4.23. The molecule has 1 N–H and O–H groups in total. The van der Waals surface area contributed by atoms with Crippen molar-refractivity contribution in [2.24, 2.45) is 0 Å². The molecule has 0 unspecified atom stereocenters. The number of carbonyl (C=O) groups excluding carboxylic acids is 1. The largest absolute Gasteiger partial charge is 0.319 e. The van der Waals surface area contributed by atoms with Crippen LogP contribution < -0.4 is 5.32 Å². The number of benzene rings is 3. The SMILES string of the molecule is Cc1ccc(-c2nc(C(=O)Nc3cccc(C)c3C)nn2-c2cc(Cl)ccc2C)cc1. The fourth-order valence-corrected chi connectivity index (χ4v) is 3.51. The molecule has 0 bridgehead atoms. The van der Waals surface area contributed by atoms with E-state index >= 15 is 0 Å². The van der Waals surface area contributed by atoms with E-state index in [0.717, 1.165) is 39.2 Å². The lowest BCUT2D eigenvalue weighted by molar-refractivity contribution is 0.101. The molecule has 0 fully saturated rings. The Bertz CT molecular complexity index is 1280. The highest BCUT2D eigenvalue weighted by Gasteiger charge is 2.20. The van der Waals surface area contributed by atoms with Crippen LogP contribution in [0.2, 0.25) is 5.02 Å². The summed E-state index contributed by atoms with van der Waals surface area (Å²) in [5.41, 5.74) is 6.62. The van der Waals surface area contributed by atoms with Crippen molar-refractivity contribution in [2.45, 2.75) is 27.7 Å². The van der Waals surface area contributed by atoms with E-state index < -0.39 is 0 Å². The van der Waals surface area contributed by atoms with Crippen LogP contribution in [0.15, 0.2) is 60.7 Å². The zero-order valence-electron chi connectivity index (χ0n) is 17.9. The average Bonchev–Trinajstić information content (AvgIpc) is 3.19. The van der Waals surface area contributed by atoms with E-state index in [9.17, 15) is 4.79 Å². The number of hydrogen-bond acceptors (Lipinski definition) is 3. The van der Waals surface area contributed by atoms with Crippen LogP contribution >= 0.6 is 11.6 Å². The van der Waals surface area contributed by atoms with Gasteiger partial charge < -0.3 is 5.32 Å². The molecule has 1 aromatic heterocycles. The predicted molar refractivity (Wildman–Crippen MR) is 125 cm³/mol. The van der Waals surface area contributed by atoms with Gasteiger partial charge in [-0.2, -0.15) is 0 Å². The second-order valence-corrected chi connectivity index (χ2v) is 8.11. The van der Waals surface area contributed by atoms with Crippen molar-refractivity contribution < 1.29 is 4.79 Å². The maximum atomic E-state index is 13.0. The zero-order valence-corrected chi connectivity index (χ0v) is 18.7. The highest BCUT2D eigenvalue weighted by atomic mass is 35.5. The first-order chi connectivity index (χ1) is 14.8. The molecule has 1 amide bonds. The first kappa shape index (κ1) is 20.8. The van der Waals surface area contributed by atoms with E-state index in [0.29, 0.717) is 10.8 Å². The molecule has 4 aromatic rings. The molecule has 156 valence electrons. The predicted octanol–water partition coefficient (Wildman–Crippen LogP) is 6.07. The van der Waals surface area contributed by atoms with E-state index in [1.165, 1.54) is 0 Å². The summed E-state index contributed by atoms with van der Waals surface area (Å²) in [6.07, 6.45) is 0. The summed E-state index contributed by atoms with van der Waals surface area (Å²) >= 11 is 6.25. The van der Waals surface area contributed by atoms with Crippen molar-refractivity contribution in [3.05, 3.63) is 93.8 Å². The highest BCUT2D eigenvalue weighted by Crippen LogP contribution is 2.26. The van der Waals surface area contributed by atoms with Gasteiger partial charge in [-0.25, -0.2) is 9.67 Å². The summed E-state index contributed by atoms with van der Waals surface area (Å²) in [5, 5.41) is 8.10. The molecule has 0 radical (unpaired) electrons. The molecule has 5 nitrogen and oxygen atoms in total. The standard InChI is InChI=1S/C25H23ClN4O/c1-15-8-11-19(12-9-15)24-28-23(25(31)27-21-7-5-6-16(2)18(21)4)29-30(24)22-14-20(26)13-10-17(22)3/h5-14H,1-4H3,(H,27,31). The molecule has 0 saturated carbocycles. The topological polar surface area (TPSA) is 59.8 Å². The minimum absolute atomic E-state index is 0.0934. The fourth-order valence-electron chi connectivity index (χ4n) is 3.34. The molecule has 0 aliphatic heterocycles. The summed E-state index contributed by atoms with van der Waals surface area (Å²) < 4.78 is 1.68. The lowest BCUT2D eigenvalue weighted by atomic mass is 10.1. The van der Waals surface area contributed by atoms with E-state index in [4.69, 9.17) is 11.6 Å². The Morgan fingerprint density at radius 1 is 0.935 bits per heavy atom. The number of aromatic nitrogens is 3. The van der Waals surface area contributed by atoms with Crippen molar-refractivity contribution in [1.82, 2.24) is 14.8 Å². The Hall–Kier alpha value is -3.44. The first-order valence-electron chi connectivity index (χ1n) is 10.0. The van der Waals surface area contributed by atoms with Crippen molar-refractivity contribution in [2.75, 3.05) is 5.32 Å². The van der Waals surface area contributed by atoms with Crippen LogP contribution in [0.4, 0.5) is 5.69 Å². The Morgan fingerprint density at radius 2 is 1.68 bits per heavy atom. The summed E-state index contributed by atoms with van der Waals surface area (Å²) in [5.74, 6) is 0.313. The van der Waals surface area contributed by atoms with Crippen molar-refractivity contribution in [3.63, 3.8) is 0 Å². The van der Waals surface area contributed by atoms with E-state index in [2.05, 4.69) is 15.4 Å². The van der Waals surface area contributed by atoms with Gasteiger partial charge in [0.1, 0.15) is 0 Å². The number of aryl methyl sites for hydroxylation is 3. The first-order valence-corrected chi connectivity index (χ1v) is 10.4. The molecular formula is C25H23ClN4O. The van der Waals surface area contributed by atoms with Gasteiger partial charge in [0.25, 0.3) is 5.91 Å². The number of anilines is 1. The van der Waals surface area contributed by atoms with Crippen LogP contribution in [-0.4, -0.2) is 20.7 Å². The van der Waals surface area contributed by atoms with Gasteiger partial charge in [0, 0.05) is 16.3 Å². The minimum Gasteiger partial charge on any atom is -0.319 e. The van der Waals surface area contributed by atoms with Crippen LogP contribution in [0.3, 0.4) is 0 Å². The number of amides is 1. The third-order valence-corrected chi connectivity index (χ3v) is 5.61. The average molecular weight is 431 g/mol. The van der Waals surface area contributed by atoms with Crippen molar-refractivity contribution >= 4 is 23.2 Å². The second-order valence-electron chi connectivity index (χ2n) is 7.67. The molecule has 6 heteroatoms. The maximum absolute atomic E-state index is 13.0. The van der Waals surface area contributed by atoms with Gasteiger partial charge in [0.2, 0.25) is 5.82 Å². The van der Waals surface area contributed by atoms with Crippen LogP contribution in [0.25, 0.3) is 17.1 Å². The van der Waals surface area contributed by atoms with Crippen LogP contribution in [-0.2, 0) is 0 Å². The van der Waals surface area contributed by atoms with Crippen molar-refractivity contribution in [1.29, 1.82) is 0 Å². The van der Waals surface area contributed by atoms with Gasteiger partial charge in [0.05, 0.1) is 5.69 Å². The number of hydrogen-bond donors (Lipinski definition) is 1. The van der Waals surface area contributed by atoms with E-state index in [1.54, 1.807) is 4.68 Å². The highest BCUT2D eigenvalue weighted by molar-refractivity contribution is 6.30. The van der Waals surface area contributed by atoms with Gasteiger partial charge in [0.15, 0.2) is 5.82 Å². The van der Waals surface area contributed by atoms with Gasteiger partial charge >= 0.3 is 0 Å². The molecular weight excluding hydrogens is 408 g/mol. The van der Waals surface area contributed by atoms with Crippen LogP contribution in [0.5, 0.6) is 0 Å². The van der Waals surface area contributed by atoms with E-state index in [-0.39, 0.29) is 11.7 Å². The molecule has 3 aromatic carbocycles. The molecule has 31 heavy (non-hydrogen) atoms. The summed E-state index contributed by atoms with van der Waals surface area (Å²) in [4.78, 5) is 17.6. The Kier molecular flexibility index (Phi) is 5.61. The number of nitrogens with one attached hydrogen (secondary N) is 1. The molecule has 0 aliphatic rings. The van der Waals surface area contributed by atoms with Gasteiger partial charge in [-0.1, -0.05) is 59.6 Å². The third-order valence-electron chi connectivity index (χ3n) is 5.37. The molecule has 4 rings (SSSR count). The van der Waals surface area contributed by atoms with E-state index in [1.807, 2.05) is 88.4 Å². The number of nitrogens with zero attached hydrogens (tertiary/aromatic N) is 3. The van der Waals surface area contributed by atoms with Gasteiger partial charge in [-0.15, -0.1) is 5.10 Å². The Morgan fingerprint density at radius 3 is 2.42 bits per heavy atom.